The zero-order chi connectivity index (χ0) is 39.0. The van der Waals surface area contributed by atoms with Crippen LogP contribution in [0.2, 0.25) is 0 Å². The first-order valence-corrected chi connectivity index (χ1v) is 20.5. The van der Waals surface area contributed by atoms with Crippen LogP contribution in [-0.2, 0) is 14.0 Å². The molecule has 11 nitrogen and oxygen atoms in total. The van der Waals surface area contributed by atoms with E-state index in [-0.39, 0.29) is 38.0 Å². The van der Waals surface area contributed by atoms with E-state index in [0.29, 0.717) is 48.1 Å². The molecule has 5 aliphatic rings. The third-order valence-corrected chi connectivity index (χ3v) is 13.4. The van der Waals surface area contributed by atoms with Gasteiger partial charge in [-0.1, -0.05) is 12.2 Å². The Morgan fingerprint density at radius 1 is 0.849 bits per heavy atom. The number of anilines is 2. The second-order valence-electron chi connectivity index (χ2n) is 15.5. The van der Waals surface area contributed by atoms with Gasteiger partial charge in [0, 0.05) is 27.6 Å². The molecule has 7 rings (SSSR count). The van der Waals surface area contributed by atoms with Gasteiger partial charge in [0.15, 0.2) is 23.0 Å². The highest BCUT2D eigenvalue weighted by Gasteiger charge is 2.52. The number of amides is 1. The van der Waals surface area contributed by atoms with Gasteiger partial charge >= 0.3 is 13.2 Å². The molecule has 0 unspecified atom stereocenters. The van der Waals surface area contributed by atoms with Crippen LogP contribution < -0.4 is 30.4 Å². The van der Waals surface area contributed by atoms with E-state index in [0.717, 1.165) is 46.9 Å². The van der Waals surface area contributed by atoms with Gasteiger partial charge in [0.2, 0.25) is 13.6 Å². The number of hydrogen-bond donors (Lipinski definition) is 2. The molecule has 0 saturated carbocycles. The summed E-state index contributed by atoms with van der Waals surface area (Å²) in [6, 6.07) is 0. The number of nitrogen functional groups attached to an aromatic ring is 2. The maximum atomic E-state index is 12.2. The largest absolute Gasteiger partial charge is 0.490 e. The molecule has 0 bridgehead atoms. The van der Waals surface area contributed by atoms with E-state index in [1.807, 2.05) is 40.7 Å². The summed E-state index contributed by atoms with van der Waals surface area (Å²) < 4.78 is 42.0. The molecule has 1 saturated heterocycles. The van der Waals surface area contributed by atoms with Crippen molar-refractivity contribution >= 4 is 84.6 Å². The molecule has 0 aromatic heterocycles. The number of nitrogens with two attached hydrogens (primary N) is 2. The van der Waals surface area contributed by atoms with E-state index in [9.17, 15) is 4.79 Å². The van der Waals surface area contributed by atoms with E-state index in [4.69, 9.17) is 44.5 Å². The summed E-state index contributed by atoms with van der Waals surface area (Å²) in [5, 5.41) is 0. The maximum absolute atomic E-state index is 12.2. The van der Waals surface area contributed by atoms with Gasteiger partial charge in [-0.25, -0.2) is 4.79 Å². The van der Waals surface area contributed by atoms with Gasteiger partial charge in [0.25, 0.3) is 0 Å². The van der Waals surface area contributed by atoms with Gasteiger partial charge in [-0.05, 0) is 171 Å². The lowest BCUT2D eigenvalue weighted by Gasteiger charge is -2.32. The van der Waals surface area contributed by atoms with Crippen LogP contribution in [0.4, 0.5) is 16.2 Å². The standard InChI is InChI=1S/C18H23BrN2O4.C12H21BO2.C8H7BrINO2/c1-10-12(15-16(24-9-23-15)14(20)13(10)19)11-5-7-21(8-6-11)17(22)25-18(2,3)4;1-11(2)12(3,4)15-13(14-11)10-8-6-5-7-9-10;1-3-4(9)6(11)8-7(5(3)10)12-2-13-8/h5H,6-9,20H2,1-4H3;8H,5-7,9H2,1-4H3;2,11H2,1H3. The summed E-state index contributed by atoms with van der Waals surface area (Å²) in [7, 11) is -0.102. The fourth-order valence-electron chi connectivity index (χ4n) is 6.30. The number of halogens is 3. The van der Waals surface area contributed by atoms with Crippen molar-refractivity contribution in [3.05, 3.63) is 46.8 Å². The Kier molecular flexibility index (Phi) is 12.9. The smallest absolute Gasteiger partial charge is 0.453 e. The molecule has 4 N–H and O–H groups in total. The SMILES string of the molecule is CC1(C)OB(C2=CCCCC2)OC1(C)C.Cc1c(Br)c(N)c2c(c1C1=CCN(C(=O)OC(C)(C)C)CC1)OCO2.Cc1c(Br)c(N)c2c(c1I)OCO2. The van der Waals surface area contributed by atoms with E-state index >= 15 is 0 Å². The van der Waals surface area contributed by atoms with E-state index in [1.165, 1.54) is 24.7 Å². The maximum Gasteiger partial charge on any atom is 0.490 e. The summed E-state index contributed by atoms with van der Waals surface area (Å²) in [6.45, 7) is 19.5. The first kappa shape index (κ1) is 41.8. The van der Waals surface area contributed by atoms with E-state index < -0.39 is 5.60 Å². The average molecular weight is 975 g/mol. The minimum atomic E-state index is -0.495. The molecular formula is C38H51BBr2IN3O8. The number of fused-ring (bicyclic) bond motifs is 2. The molecule has 4 heterocycles. The monoisotopic (exact) mass is 973 g/mol. The van der Waals surface area contributed by atoms with E-state index in [1.54, 1.807) is 4.90 Å². The zero-order valence-corrected chi connectivity index (χ0v) is 37.4. The quantitative estimate of drug-likeness (QED) is 0.170. The van der Waals surface area contributed by atoms with Crippen LogP contribution in [0.5, 0.6) is 23.0 Å². The van der Waals surface area contributed by atoms with Crippen LogP contribution in [0.15, 0.2) is 26.6 Å². The van der Waals surface area contributed by atoms with Crippen molar-refractivity contribution in [2.75, 3.05) is 38.1 Å². The molecule has 1 fully saturated rings. The first-order valence-electron chi connectivity index (χ1n) is 17.9. The summed E-state index contributed by atoms with van der Waals surface area (Å²) in [5.74, 6) is 2.69. The summed E-state index contributed by atoms with van der Waals surface area (Å²) in [4.78, 5) is 13.9. The third-order valence-electron chi connectivity index (χ3n) is 10.0. The number of benzene rings is 2. The van der Waals surface area contributed by atoms with Crippen LogP contribution in [-0.4, -0.2) is 61.6 Å². The fourth-order valence-corrected chi connectivity index (χ4v) is 8.10. The minimum absolute atomic E-state index is 0.102. The summed E-state index contributed by atoms with van der Waals surface area (Å²) >= 11 is 9.19. The number of hydrogen-bond acceptors (Lipinski definition) is 10. The minimum Gasteiger partial charge on any atom is -0.453 e. The predicted octanol–water partition coefficient (Wildman–Crippen LogP) is 9.88. The summed E-state index contributed by atoms with van der Waals surface area (Å²) in [5.41, 5.74) is 17.8. The zero-order valence-electron chi connectivity index (χ0n) is 32.1. The Morgan fingerprint density at radius 3 is 1.92 bits per heavy atom. The molecule has 53 heavy (non-hydrogen) atoms. The van der Waals surface area contributed by atoms with Crippen molar-refractivity contribution in [3.8, 4) is 23.0 Å². The Morgan fingerprint density at radius 2 is 1.40 bits per heavy atom. The molecule has 0 spiro atoms. The van der Waals surface area contributed by atoms with Crippen molar-refractivity contribution in [2.45, 2.75) is 111 Å². The number of carbonyl (C=O) groups is 1. The molecule has 2 aromatic rings. The molecule has 15 heteroatoms. The van der Waals surface area contributed by atoms with Crippen LogP contribution >= 0.6 is 54.5 Å². The van der Waals surface area contributed by atoms with Crippen molar-refractivity contribution in [2.24, 2.45) is 0 Å². The second-order valence-corrected chi connectivity index (χ2v) is 18.2. The van der Waals surface area contributed by atoms with Gasteiger partial charge < -0.3 is 49.4 Å². The second kappa shape index (κ2) is 16.4. The molecule has 2 aromatic carbocycles. The van der Waals surface area contributed by atoms with Crippen molar-refractivity contribution in [1.82, 2.24) is 4.90 Å². The van der Waals surface area contributed by atoms with Gasteiger partial charge in [-0.15, -0.1) is 0 Å². The highest BCUT2D eigenvalue weighted by Crippen LogP contribution is 2.50. The Labute approximate surface area is 344 Å². The molecule has 4 aliphatic heterocycles. The van der Waals surface area contributed by atoms with Gasteiger partial charge in [-0.3, -0.25) is 0 Å². The van der Waals surface area contributed by atoms with Crippen molar-refractivity contribution in [1.29, 1.82) is 0 Å². The van der Waals surface area contributed by atoms with Crippen molar-refractivity contribution < 1.29 is 37.8 Å². The lowest BCUT2D eigenvalue weighted by atomic mass is 9.73. The lowest BCUT2D eigenvalue weighted by Crippen LogP contribution is -2.41. The Bertz CT molecular complexity index is 1760. The number of allylic oxidation sites excluding steroid dienone is 2. The number of ether oxygens (including phenoxy) is 5. The van der Waals surface area contributed by atoms with Crippen molar-refractivity contribution in [3.63, 3.8) is 0 Å². The molecule has 1 aliphatic carbocycles. The predicted molar refractivity (Wildman–Crippen MR) is 225 cm³/mol. The molecule has 0 atom stereocenters. The van der Waals surface area contributed by atoms with Crippen LogP contribution in [0.3, 0.4) is 0 Å². The van der Waals surface area contributed by atoms with Gasteiger partial charge in [0.05, 0.1) is 26.1 Å². The first-order chi connectivity index (χ1) is 24.7. The highest BCUT2D eigenvalue weighted by molar-refractivity contribution is 14.1. The number of rotatable bonds is 2. The number of carbonyl (C=O) groups excluding carboxylic acids is 1. The van der Waals surface area contributed by atoms with Gasteiger partial charge in [-0.2, -0.15) is 0 Å². The molecule has 1 amide bonds. The van der Waals surface area contributed by atoms with E-state index in [2.05, 4.69) is 88.2 Å². The highest BCUT2D eigenvalue weighted by atomic mass is 127. The molecule has 0 radical (unpaired) electrons. The summed E-state index contributed by atoms with van der Waals surface area (Å²) in [6.07, 6.45) is 9.66. The Balaban J connectivity index is 0.000000165. The van der Waals surface area contributed by atoms with Crippen LogP contribution in [0.1, 0.15) is 97.3 Å². The Hall–Kier alpha value is -2.34. The molecule has 290 valence electrons. The topological polar surface area (TPSA) is 137 Å². The average Bonchev–Trinajstić information content (AvgIpc) is 3.84. The lowest BCUT2D eigenvalue weighted by molar-refractivity contribution is 0.00578. The molecular weight excluding hydrogens is 924 g/mol. The normalized spacial score (nSPS) is 19.4. The number of nitrogens with zero attached hydrogens (tertiary/aromatic N) is 1. The third kappa shape index (κ3) is 9.05. The fraction of sp³-hybridized carbons (Fsp3) is 0.553. The van der Waals surface area contributed by atoms with Crippen LogP contribution in [0.25, 0.3) is 5.57 Å². The van der Waals surface area contributed by atoms with Gasteiger partial charge in [0.1, 0.15) is 5.60 Å². The van der Waals surface area contributed by atoms with Crippen LogP contribution in [0, 0.1) is 17.4 Å².